The first-order valence-electron chi connectivity index (χ1n) is 7.77. The van der Waals surface area contributed by atoms with Crippen LogP contribution in [0.25, 0.3) is 0 Å². The Hall–Kier alpha value is -1.39. The van der Waals surface area contributed by atoms with Gasteiger partial charge in [-0.3, -0.25) is 4.79 Å². The van der Waals surface area contributed by atoms with Crippen LogP contribution in [0.2, 0.25) is 0 Å². The highest BCUT2D eigenvalue weighted by atomic mass is 16.5. The molecule has 0 aromatic heterocycles. The highest BCUT2D eigenvalue weighted by molar-refractivity contribution is 5.96. The fraction of sp³-hybridized carbons (Fsp3) is 0.588. The minimum absolute atomic E-state index is 0.222. The van der Waals surface area contributed by atoms with Crippen molar-refractivity contribution in [1.29, 1.82) is 0 Å². The predicted octanol–water partition coefficient (Wildman–Crippen LogP) is 2.21. The maximum Gasteiger partial charge on any atom is 0.164 e. The van der Waals surface area contributed by atoms with Gasteiger partial charge in [-0.25, -0.2) is 0 Å². The quantitative estimate of drug-likeness (QED) is 0.752. The molecule has 1 heterocycles. The van der Waals surface area contributed by atoms with Gasteiger partial charge in [0.25, 0.3) is 0 Å². The van der Waals surface area contributed by atoms with Gasteiger partial charge in [0, 0.05) is 44.7 Å². The summed E-state index contributed by atoms with van der Waals surface area (Å²) in [7, 11) is 2.14. The lowest BCUT2D eigenvalue weighted by Gasteiger charge is -2.32. The van der Waals surface area contributed by atoms with Crippen LogP contribution in [-0.4, -0.2) is 62.0 Å². The molecule has 4 heteroatoms. The molecule has 1 aromatic rings. The van der Waals surface area contributed by atoms with Crippen molar-refractivity contribution in [3.63, 3.8) is 0 Å². The van der Waals surface area contributed by atoms with Crippen LogP contribution in [0.3, 0.4) is 0 Å². The molecule has 0 unspecified atom stereocenters. The number of carbonyl (C=O) groups excluding carboxylic acids is 1. The maximum absolute atomic E-state index is 12.3. The number of hydrogen-bond acceptors (Lipinski definition) is 4. The van der Waals surface area contributed by atoms with Crippen molar-refractivity contribution in [1.82, 2.24) is 9.80 Å². The highest BCUT2D eigenvalue weighted by Crippen LogP contribution is 2.20. The van der Waals surface area contributed by atoms with Crippen molar-refractivity contribution in [2.24, 2.45) is 0 Å². The molecule has 0 amide bonds. The topological polar surface area (TPSA) is 32.8 Å². The van der Waals surface area contributed by atoms with Crippen LogP contribution in [0, 0.1) is 6.92 Å². The highest BCUT2D eigenvalue weighted by Gasteiger charge is 2.15. The second-order valence-corrected chi connectivity index (χ2v) is 5.73. The zero-order chi connectivity index (χ0) is 15.2. The zero-order valence-corrected chi connectivity index (χ0v) is 13.4. The van der Waals surface area contributed by atoms with E-state index in [2.05, 4.69) is 16.8 Å². The molecule has 116 valence electrons. The van der Waals surface area contributed by atoms with E-state index in [-0.39, 0.29) is 5.78 Å². The van der Waals surface area contributed by atoms with E-state index in [0.717, 1.165) is 49.6 Å². The van der Waals surface area contributed by atoms with E-state index in [4.69, 9.17) is 4.74 Å². The summed E-state index contributed by atoms with van der Waals surface area (Å²) < 4.78 is 5.51. The summed E-state index contributed by atoms with van der Waals surface area (Å²) in [6.07, 6.45) is 0.594. The average Bonchev–Trinajstić information content (AvgIpc) is 2.48. The smallest absolute Gasteiger partial charge is 0.164 e. The Morgan fingerprint density at radius 2 is 1.95 bits per heavy atom. The second kappa shape index (κ2) is 7.57. The number of hydrogen-bond donors (Lipinski definition) is 0. The maximum atomic E-state index is 12.3. The Balaban J connectivity index is 1.87. The SMILES string of the molecule is CCOc1ccc(C(=O)CCN2CCN(C)CC2)cc1C. The van der Waals surface area contributed by atoms with Gasteiger partial charge in [-0.15, -0.1) is 0 Å². The van der Waals surface area contributed by atoms with Crippen molar-refractivity contribution < 1.29 is 9.53 Å². The second-order valence-electron chi connectivity index (χ2n) is 5.73. The number of Topliss-reactive ketones (excluding diaryl/α,β-unsaturated/α-hetero) is 1. The molecular weight excluding hydrogens is 264 g/mol. The minimum Gasteiger partial charge on any atom is -0.494 e. The van der Waals surface area contributed by atoms with Crippen molar-refractivity contribution in [3.8, 4) is 5.75 Å². The molecule has 1 fully saturated rings. The largest absolute Gasteiger partial charge is 0.494 e. The molecule has 0 N–H and O–H groups in total. The fourth-order valence-electron chi connectivity index (χ4n) is 2.62. The molecule has 1 aliphatic heterocycles. The lowest BCUT2D eigenvalue weighted by atomic mass is 10.0. The van der Waals surface area contributed by atoms with Crippen molar-refractivity contribution >= 4 is 5.78 Å². The number of carbonyl (C=O) groups is 1. The van der Waals surface area contributed by atoms with Gasteiger partial charge in [-0.1, -0.05) is 0 Å². The fourth-order valence-corrected chi connectivity index (χ4v) is 2.62. The summed E-state index contributed by atoms with van der Waals surface area (Å²) in [5.74, 6) is 1.09. The summed E-state index contributed by atoms with van der Waals surface area (Å²) >= 11 is 0. The summed E-state index contributed by atoms with van der Waals surface area (Å²) in [6, 6.07) is 5.73. The van der Waals surface area contributed by atoms with Crippen LogP contribution in [0.15, 0.2) is 18.2 Å². The number of likely N-dealkylation sites (N-methyl/N-ethyl adjacent to an activating group) is 1. The van der Waals surface area contributed by atoms with E-state index < -0.39 is 0 Å². The molecule has 4 nitrogen and oxygen atoms in total. The van der Waals surface area contributed by atoms with Gasteiger partial charge >= 0.3 is 0 Å². The average molecular weight is 290 g/mol. The summed E-state index contributed by atoms with van der Waals surface area (Å²) in [6.45, 7) is 9.78. The molecule has 0 radical (unpaired) electrons. The molecule has 0 atom stereocenters. The first-order chi connectivity index (χ1) is 10.1. The number of ether oxygens (including phenoxy) is 1. The number of ketones is 1. The predicted molar refractivity (Wildman–Crippen MR) is 85.2 cm³/mol. The number of rotatable bonds is 6. The number of piperazine rings is 1. The molecule has 0 saturated carbocycles. The Morgan fingerprint density at radius 1 is 1.24 bits per heavy atom. The van der Waals surface area contributed by atoms with E-state index in [1.165, 1.54) is 0 Å². The molecule has 0 bridgehead atoms. The van der Waals surface area contributed by atoms with Gasteiger partial charge in [0.05, 0.1) is 6.61 Å². The number of aryl methyl sites for hydroxylation is 1. The Bertz CT molecular complexity index is 480. The third kappa shape index (κ3) is 4.55. The van der Waals surface area contributed by atoms with Crippen LogP contribution in [0.4, 0.5) is 0 Å². The minimum atomic E-state index is 0.222. The van der Waals surface area contributed by atoms with Crippen molar-refractivity contribution in [2.75, 3.05) is 46.4 Å². The van der Waals surface area contributed by atoms with Crippen LogP contribution in [0.5, 0.6) is 5.75 Å². The molecule has 0 aliphatic carbocycles. The van der Waals surface area contributed by atoms with Gasteiger partial charge in [0.2, 0.25) is 0 Å². The van der Waals surface area contributed by atoms with Gasteiger partial charge in [0.15, 0.2) is 5.78 Å². The lowest BCUT2D eigenvalue weighted by Crippen LogP contribution is -2.45. The molecule has 21 heavy (non-hydrogen) atoms. The normalized spacial score (nSPS) is 16.9. The van der Waals surface area contributed by atoms with Gasteiger partial charge < -0.3 is 14.5 Å². The number of benzene rings is 1. The van der Waals surface area contributed by atoms with Crippen LogP contribution in [-0.2, 0) is 0 Å². The molecule has 1 saturated heterocycles. The van der Waals surface area contributed by atoms with Crippen LogP contribution >= 0.6 is 0 Å². The Morgan fingerprint density at radius 3 is 2.57 bits per heavy atom. The molecule has 0 spiro atoms. The van der Waals surface area contributed by atoms with E-state index in [9.17, 15) is 4.79 Å². The van der Waals surface area contributed by atoms with E-state index in [0.29, 0.717) is 13.0 Å². The van der Waals surface area contributed by atoms with Gasteiger partial charge in [-0.2, -0.15) is 0 Å². The van der Waals surface area contributed by atoms with Gasteiger partial charge in [-0.05, 0) is 44.7 Å². The monoisotopic (exact) mass is 290 g/mol. The third-order valence-electron chi connectivity index (χ3n) is 4.05. The number of nitrogens with zero attached hydrogens (tertiary/aromatic N) is 2. The van der Waals surface area contributed by atoms with Crippen molar-refractivity contribution in [2.45, 2.75) is 20.3 Å². The summed E-state index contributed by atoms with van der Waals surface area (Å²) in [5, 5.41) is 0. The molecule has 1 aliphatic rings. The van der Waals surface area contributed by atoms with Crippen LogP contribution < -0.4 is 4.74 Å². The van der Waals surface area contributed by atoms with Crippen molar-refractivity contribution in [3.05, 3.63) is 29.3 Å². The summed E-state index contributed by atoms with van der Waals surface area (Å²) in [4.78, 5) is 17.0. The standard InChI is InChI=1S/C17H26N2O2/c1-4-21-17-6-5-15(13-14(17)2)16(20)7-8-19-11-9-18(3)10-12-19/h5-6,13H,4,7-12H2,1-3H3. The lowest BCUT2D eigenvalue weighted by molar-refractivity contribution is 0.0941. The molecule has 2 rings (SSSR count). The third-order valence-corrected chi connectivity index (χ3v) is 4.05. The van der Waals surface area contributed by atoms with Gasteiger partial charge in [0.1, 0.15) is 5.75 Å². The van der Waals surface area contributed by atoms with E-state index in [1.807, 2.05) is 32.0 Å². The Labute approximate surface area is 127 Å². The van der Waals surface area contributed by atoms with Crippen LogP contribution in [0.1, 0.15) is 29.3 Å². The van der Waals surface area contributed by atoms with E-state index >= 15 is 0 Å². The van der Waals surface area contributed by atoms with E-state index in [1.54, 1.807) is 0 Å². The first-order valence-corrected chi connectivity index (χ1v) is 7.77. The molecular formula is C17H26N2O2. The summed E-state index contributed by atoms with van der Waals surface area (Å²) in [5.41, 5.74) is 1.83. The Kier molecular flexibility index (Phi) is 5.76. The molecule has 1 aromatic carbocycles. The first kappa shape index (κ1) is 16.0. The zero-order valence-electron chi connectivity index (χ0n) is 13.4.